The van der Waals surface area contributed by atoms with E-state index in [1.807, 2.05) is 86.3 Å². The lowest BCUT2D eigenvalue weighted by Crippen LogP contribution is -2.59. The fraction of sp³-hybridized carbons (Fsp3) is 0.527. The highest BCUT2D eigenvalue weighted by Gasteiger charge is 2.57. The molecule has 12 nitrogen and oxygen atoms in total. The second kappa shape index (κ2) is 18.7. The lowest BCUT2D eigenvalue weighted by Gasteiger charge is -2.50. The van der Waals surface area contributed by atoms with Crippen LogP contribution in [-0.4, -0.2) is 112 Å². The predicted octanol–water partition coefficient (Wildman–Crippen LogP) is 8.29. The van der Waals surface area contributed by atoms with Crippen LogP contribution in [0.3, 0.4) is 0 Å². The van der Waals surface area contributed by atoms with Crippen molar-refractivity contribution in [3.63, 3.8) is 0 Å². The van der Waals surface area contributed by atoms with Crippen molar-refractivity contribution in [2.75, 3.05) is 47.4 Å². The van der Waals surface area contributed by atoms with E-state index in [1.165, 1.54) is 11.1 Å². The van der Waals surface area contributed by atoms with E-state index in [9.17, 15) is 19.8 Å². The lowest BCUT2D eigenvalue weighted by atomic mass is 9.68. The average Bonchev–Trinajstić information content (AvgIpc) is 3.73. The van der Waals surface area contributed by atoms with Gasteiger partial charge in [-0.05, 0) is 143 Å². The van der Waals surface area contributed by atoms with E-state index in [4.69, 9.17) is 15.2 Å². The Labute approximate surface area is 397 Å². The van der Waals surface area contributed by atoms with Gasteiger partial charge >= 0.3 is 12.1 Å². The fourth-order valence-corrected chi connectivity index (χ4v) is 12.1. The van der Waals surface area contributed by atoms with Crippen molar-refractivity contribution in [1.29, 1.82) is 0 Å². The van der Waals surface area contributed by atoms with Crippen LogP contribution < -0.4 is 20.5 Å². The van der Waals surface area contributed by atoms with Gasteiger partial charge in [0.25, 0.3) is 0 Å². The fourth-order valence-electron chi connectivity index (χ4n) is 12.1. The van der Waals surface area contributed by atoms with E-state index in [0.29, 0.717) is 39.3 Å². The normalized spacial score (nSPS) is 28.5. The highest BCUT2D eigenvalue weighted by molar-refractivity contribution is 5.79. The number of rotatable bonds is 13. The SMILES string of the molecule is CNC1(c2ccccc2)CCC2(CC1)CN(Cc1ccc(OC)cc1)C(=O)N2CC1(O)CCC1.COc1ccc(CN2CC3(CCC(N)(c4ccccc4)CC3)N(CC3(O)CCC3)C2=O)cc1. The zero-order valence-corrected chi connectivity index (χ0v) is 39.9. The van der Waals surface area contributed by atoms with Gasteiger partial charge < -0.3 is 50.3 Å². The largest absolute Gasteiger partial charge is 0.497 e. The van der Waals surface area contributed by atoms with Crippen molar-refractivity contribution < 1.29 is 29.3 Å². The van der Waals surface area contributed by atoms with E-state index in [2.05, 4.69) is 54.8 Å². The number of methoxy groups -OCH3 is 2. The molecule has 12 heteroatoms. The molecular weight excluding hydrogens is 841 g/mol. The van der Waals surface area contributed by atoms with Crippen LogP contribution in [-0.2, 0) is 24.2 Å². The summed E-state index contributed by atoms with van der Waals surface area (Å²) in [6.45, 7) is 3.40. The molecule has 2 heterocycles. The topological polar surface area (TPSA) is 144 Å². The number of hydrogen-bond acceptors (Lipinski definition) is 8. The monoisotopic (exact) mass is 913 g/mol. The molecular formula is C55H72N6O6. The first-order valence-corrected chi connectivity index (χ1v) is 24.7. The van der Waals surface area contributed by atoms with E-state index in [0.717, 1.165) is 113 Å². The Hall–Kier alpha value is -5.14. The number of nitrogens with one attached hydrogen (secondary N) is 1. The van der Waals surface area contributed by atoms with Crippen molar-refractivity contribution in [2.45, 2.75) is 136 Å². The summed E-state index contributed by atoms with van der Waals surface area (Å²) in [5, 5.41) is 25.6. The lowest BCUT2D eigenvalue weighted by molar-refractivity contribution is -0.0690. The quantitative estimate of drug-likeness (QED) is 0.105. The van der Waals surface area contributed by atoms with Crippen LogP contribution >= 0.6 is 0 Å². The van der Waals surface area contributed by atoms with Crippen LogP contribution in [0, 0.1) is 0 Å². The molecule has 2 saturated heterocycles. The highest BCUT2D eigenvalue weighted by Crippen LogP contribution is 2.50. The number of nitrogens with zero attached hydrogens (tertiary/aromatic N) is 4. The van der Waals surface area contributed by atoms with Crippen LogP contribution in [0.1, 0.15) is 112 Å². The Morgan fingerprint density at radius 3 is 1.28 bits per heavy atom. The van der Waals surface area contributed by atoms with Gasteiger partial charge in [-0.25, -0.2) is 9.59 Å². The Balaban J connectivity index is 0.000000168. The molecule has 4 aromatic rings. The van der Waals surface area contributed by atoms with Crippen LogP contribution in [0.25, 0.3) is 0 Å². The van der Waals surface area contributed by atoms with Crippen molar-refractivity contribution in [3.05, 3.63) is 131 Å². The summed E-state index contributed by atoms with van der Waals surface area (Å²) in [4.78, 5) is 35.3. The van der Waals surface area contributed by atoms with E-state index < -0.39 is 11.2 Å². The number of carbonyl (C=O) groups is 2. The Kier molecular flexibility index (Phi) is 13.1. The number of β-amino-alcohol motifs (C(OH)–C–C–N with tert-alkyl or cyclic N) is 2. The average molecular weight is 913 g/mol. The van der Waals surface area contributed by atoms with Crippen LogP contribution in [0.4, 0.5) is 9.59 Å². The molecule has 4 aliphatic carbocycles. The number of aliphatic hydroxyl groups is 2. The Morgan fingerprint density at radius 1 is 0.537 bits per heavy atom. The first-order valence-electron chi connectivity index (χ1n) is 24.7. The maximum atomic E-state index is 13.7. The van der Waals surface area contributed by atoms with Crippen LogP contribution in [0.5, 0.6) is 11.5 Å². The zero-order valence-electron chi connectivity index (χ0n) is 39.9. The third-order valence-corrected chi connectivity index (χ3v) is 16.9. The minimum atomic E-state index is -0.741. The third kappa shape index (κ3) is 9.39. The first-order chi connectivity index (χ1) is 32.3. The van der Waals surface area contributed by atoms with Gasteiger partial charge in [0.05, 0.1) is 49.6 Å². The summed E-state index contributed by atoms with van der Waals surface area (Å²) in [6.07, 6.45) is 12.3. The van der Waals surface area contributed by atoms with Gasteiger partial charge in [-0.15, -0.1) is 0 Å². The Bertz CT molecular complexity index is 2300. The molecule has 0 atom stereocenters. The van der Waals surface area contributed by atoms with E-state index >= 15 is 0 Å². The van der Waals surface area contributed by atoms with Crippen molar-refractivity contribution in [1.82, 2.24) is 24.9 Å². The number of ether oxygens (including phenoxy) is 2. The minimum Gasteiger partial charge on any atom is -0.497 e. The molecule has 67 heavy (non-hydrogen) atoms. The molecule has 0 radical (unpaired) electrons. The van der Waals surface area contributed by atoms with Gasteiger partial charge in [-0.1, -0.05) is 84.9 Å². The molecule has 10 rings (SSSR count). The van der Waals surface area contributed by atoms with Gasteiger partial charge in [0.2, 0.25) is 0 Å². The number of urea groups is 2. The van der Waals surface area contributed by atoms with Gasteiger partial charge in [0.1, 0.15) is 11.5 Å². The second-order valence-corrected chi connectivity index (χ2v) is 21.0. The number of nitrogens with two attached hydrogens (primary N) is 1. The molecule has 0 aromatic heterocycles. The summed E-state index contributed by atoms with van der Waals surface area (Å²) in [5.74, 6) is 1.63. The molecule has 2 aliphatic heterocycles. The van der Waals surface area contributed by atoms with Gasteiger partial charge in [0.15, 0.2) is 0 Å². The second-order valence-electron chi connectivity index (χ2n) is 21.0. The minimum absolute atomic E-state index is 0.0374. The van der Waals surface area contributed by atoms with E-state index in [1.54, 1.807) is 14.2 Å². The van der Waals surface area contributed by atoms with Crippen molar-refractivity contribution >= 4 is 12.1 Å². The summed E-state index contributed by atoms with van der Waals surface area (Å²) in [5.41, 5.74) is 9.14. The van der Waals surface area contributed by atoms with Gasteiger partial charge in [-0.2, -0.15) is 0 Å². The highest BCUT2D eigenvalue weighted by atomic mass is 16.5. The number of hydrogen-bond donors (Lipinski definition) is 4. The van der Waals surface area contributed by atoms with Crippen molar-refractivity contribution in [2.24, 2.45) is 5.73 Å². The molecule has 4 aromatic carbocycles. The first kappa shape index (κ1) is 46.9. The predicted molar refractivity (Wildman–Crippen MR) is 260 cm³/mol. The number of amides is 4. The maximum Gasteiger partial charge on any atom is 0.321 e. The number of benzene rings is 4. The van der Waals surface area contributed by atoms with Crippen LogP contribution in [0.2, 0.25) is 0 Å². The standard InChI is InChI=1S/C28H37N3O3.C27H35N3O3/c1-29-28(23-7-4-3-5-8-23)17-15-26(16-18-28)20-30(19-22-9-11-24(34-2)12-10-22)25(32)31(26)21-27(33)13-6-14-27;1-33-23-10-8-21(9-11-23)18-29-19-25(30(24(29)31)20-26(32)12-5-13-26)14-16-27(28,17-15-25)22-6-3-2-4-7-22/h3-5,7-12,29,33H,6,13-21H2,1-2H3;2-4,6-11,32H,5,12-20,28H2,1H3. The molecule has 4 saturated carbocycles. The molecule has 2 spiro atoms. The smallest absolute Gasteiger partial charge is 0.321 e. The number of carbonyl (C=O) groups excluding carboxylic acids is 2. The summed E-state index contributed by atoms with van der Waals surface area (Å²) >= 11 is 0. The van der Waals surface area contributed by atoms with Crippen LogP contribution in [0.15, 0.2) is 109 Å². The summed E-state index contributed by atoms with van der Waals surface area (Å²) < 4.78 is 10.6. The van der Waals surface area contributed by atoms with E-state index in [-0.39, 0.29) is 34.2 Å². The summed E-state index contributed by atoms with van der Waals surface area (Å²) in [6, 6.07) is 37.0. The maximum absolute atomic E-state index is 13.7. The Morgan fingerprint density at radius 2 is 0.925 bits per heavy atom. The molecule has 0 unspecified atom stereocenters. The van der Waals surface area contributed by atoms with Gasteiger partial charge in [0, 0.05) is 37.3 Å². The van der Waals surface area contributed by atoms with Gasteiger partial charge in [-0.3, -0.25) is 0 Å². The molecule has 5 N–H and O–H groups in total. The molecule has 0 bridgehead atoms. The molecule has 4 amide bonds. The third-order valence-electron chi connectivity index (χ3n) is 16.9. The summed E-state index contributed by atoms with van der Waals surface area (Å²) in [7, 11) is 5.37. The molecule has 6 fully saturated rings. The zero-order chi connectivity index (χ0) is 46.9. The molecule has 358 valence electrons. The van der Waals surface area contributed by atoms with Crippen molar-refractivity contribution in [3.8, 4) is 11.5 Å². The molecule has 6 aliphatic rings.